The van der Waals surface area contributed by atoms with Gasteiger partial charge in [0.05, 0.1) is 6.61 Å². The van der Waals surface area contributed by atoms with Crippen LogP contribution in [-0.2, 0) is 14.8 Å². The van der Waals surface area contributed by atoms with Crippen LogP contribution >= 0.6 is 15.9 Å². The molecule has 0 bridgehead atoms. The molecule has 0 fully saturated rings. The Bertz CT molecular complexity index is 534. The van der Waals surface area contributed by atoms with E-state index in [-0.39, 0.29) is 23.3 Å². The van der Waals surface area contributed by atoms with Crippen molar-refractivity contribution in [2.75, 3.05) is 26.0 Å². The standard InChI is InChI=1S/C11H18BrN3O3S/c1-8(2)15(4-5-18-3)19(16,17)10-6-9(12)7-14-11(10)13/h6-8H,4-5H2,1-3H3,(H2,13,14). The van der Waals surface area contributed by atoms with E-state index in [0.29, 0.717) is 11.1 Å². The third kappa shape index (κ3) is 3.88. The number of methoxy groups -OCH3 is 1. The van der Waals surface area contributed by atoms with Crippen molar-refractivity contribution in [3.8, 4) is 0 Å². The number of nitrogens with two attached hydrogens (primary N) is 1. The van der Waals surface area contributed by atoms with E-state index in [0.717, 1.165) is 0 Å². The van der Waals surface area contributed by atoms with Crippen LogP contribution in [0.25, 0.3) is 0 Å². The van der Waals surface area contributed by atoms with E-state index >= 15 is 0 Å². The molecule has 1 aromatic rings. The van der Waals surface area contributed by atoms with Gasteiger partial charge in [0.2, 0.25) is 10.0 Å². The molecule has 0 saturated carbocycles. The van der Waals surface area contributed by atoms with Crippen molar-refractivity contribution in [1.29, 1.82) is 0 Å². The fourth-order valence-electron chi connectivity index (χ4n) is 1.60. The first-order chi connectivity index (χ1) is 8.80. The van der Waals surface area contributed by atoms with Gasteiger partial charge < -0.3 is 10.5 Å². The summed E-state index contributed by atoms with van der Waals surface area (Å²) in [6.07, 6.45) is 1.46. The number of halogens is 1. The molecule has 0 atom stereocenters. The third-order valence-corrected chi connectivity index (χ3v) is 5.06. The topological polar surface area (TPSA) is 85.5 Å². The number of rotatable bonds is 6. The van der Waals surface area contributed by atoms with Crippen LogP contribution < -0.4 is 5.73 Å². The maximum absolute atomic E-state index is 12.6. The van der Waals surface area contributed by atoms with Gasteiger partial charge in [-0.3, -0.25) is 0 Å². The molecule has 1 aromatic heterocycles. The molecule has 6 nitrogen and oxygen atoms in total. The second kappa shape index (κ2) is 6.65. The minimum absolute atomic E-state index is 0.00618. The number of pyridine rings is 1. The van der Waals surface area contributed by atoms with E-state index in [1.54, 1.807) is 13.8 Å². The molecule has 0 aliphatic heterocycles. The Balaban J connectivity index is 3.22. The lowest BCUT2D eigenvalue weighted by atomic mass is 10.4. The highest BCUT2D eigenvalue weighted by molar-refractivity contribution is 9.10. The van der Waals surface area contributed by atoms with Gasteiger partial charge in [-0.25, -0.2) is 13.4 Å². The highest BCUT2D eigenvalue weighted by Gasteiger charge is 2.29. The predicted molar refractivity (Wildman–Crippen MR) is 77.3 cm³/mol. The Morgan fingerprint density at radius 3 is 2.68 bits per heavy atom. The third-order valence-electron chi connectivity index (χ3n) is 2.53. The van der Waals surface area contributed by atoms with Crippen LogP contribution in [0.3, 0.4) is 0 Å². The van der Waals surface area contributed by atoms with Gasteiger partial charge in [0.25, 0.3) is 0 Å². The number of aromatic nitrogens is 1. The van der Waals surface area contributed by atoms with Crippen LogP contribution in [0.1, 0.15) is 13.8 Å². The van der Waals surface area contributed by atoms with Crippen molar-refractivity contribution >= 4 is 31.8 Å². The van der Waals surface area contributed by atoms with Gasteiger partial charge in [-0.15, -0.1) is 0 Å². The van der Waals surface area contributed by atoms with Crippen molar-refractivity contribution in [1.82, 2.24) is 9.29 Å². The van der Waals surface area contributed by atoms with Crippen LogP contribution in [0, 0.1) is 0 Å². The predicted octanol–water partition coefficient (Wildman–Crippen LogP) is 1.47. The molecule has 0 saturated heterocycles. The lowest BCUT2D eigenvalue weighted by Gasteiger charge is -2.26. The number of hydrogen-bond donors (Lipinski definition) is 1. The Labute approximate surface area is 122 Å². The van der Waals surface area contributed by atoms with Gasteiger partial charge in [-0.2, -0.15) is 4.31 Å². The summed E-state index contributed by atoms with van der Waals surface area (Å²) < 4.78 is 32.0. The Morgan fingerprint density at radius 2 is 2.16 bits per heavy atom. The molecule has 0 amide bonds. The molecule has 0 spiro atoms. The molecule has 8 heteroatoms. The maximum Gasteiger partial charge on any atom is 0.247 e. The molecule has 0 unspecified atom stereocenters. The SMILES string of the molecule is COCCN(C(C)C)S(=O)(=O)c1cc(Br)cnc1N. The number of anilines is 1. The summed E-state index contributed by atoms with van der Waals surface area (Å²) >= 11 is 3.20. The Kier molecular flexibility index (Phi) is 5.72. The maximum atomic E-state index is 12.6. The Morgan fingerprint density at radius 1 is 1.53 bits per heavy atom. The van der Waals surface area contributed by atoms with Crippen LogP contribution in [0.5, 0.6) is 0 Å². The van der Waals surface area contributed by atoms with Gasteiger partial charge in [0.1, 0.15) is 10.7 Å². The summed E-state index contributed by atoms with van der Waals surface area (Å²) in [6, 6.07) is 1.26. The normalized spacial score (nSPS) is 12.3. The highest BCUT2D eigenvalue weighted by Crippen LogP contribution is 2.25. The first-order valence-corrected chi connectivity index (χ1v) is 7.95. The lowest BCUT2D eigenvalue weighted by molar-refractivity contribution is 0.171. The first-order valence-electron chi connectivity index (χ1n) is 5.72. The summed E-state index contributed by atoms with van der Waals surface area (Å²) in [6.45, 7) is 4.19. The van der Waals surface area contributed by atoms with E-state index < -0.39 is 10.0 Å². The van der Waals surface area contributed by atoms with Crippen molar-refractivity contribution in [3.63, 3.8) is 0 Å². The highest BCUT2D eigenvalue weighted by atomic mass is 79.9. The average molecular weight is 352 g/mol. The molecule has 1 heterocycles. The molecule has 0 aromatic carbocycles. The van der Waals surface area contributed by atoms with E-state index in [1.165, 1.54) is 23.7 Å². The van der Waals surface area contributed by atoms with Crippen molar-refractivity contribution in [2.24, 2.45) is 0 Å². The Hall–Kier alpha value is -0.700. The molecule has 0 aliphatic carbocycles. The molecule has 108 valence electrons. The van der Waals surface area contributed by atoms with Gasteiger partial charge in [-0.05, 0) is 35.8 Å². The minimum atomic E-state index is -3.69. The largest absolute Gasteiger partial charge is 0.383 e. The van der Waals surface area contributed by atoms with E-state index in [2.05, 4.69) is 20.9 Å². The molecular weight excluding hydrogens is 334 g/mol. The first kappa shape index (κ1) is 16.4. The fourth-order valence-corrected chi connectivity index (χ4v) is 3.80. The van der Waals surface area contributed by atoms with Crippen LogP contribution in [0.2, 0.25) is 0 Å². The van der Waals surface area contributed by atoms with Crippen LogP contribution in [0.15, 0.2) is 21.6 Å². The second-order valence-corrected chi connectivity index (χ2v) is 7.01. The quantitative estimate of drug-likeness (QED) is 0.838. The van der Waals surface area contributed by atoms with Crippen LogP contribution in [-0.4, -0.2) is 44.0 Å². The van der Waals surface area contributed by atoms with Crippen molar-refractivity contribution in [3.05, 3.63) is 16.7 Å². The zero-order chi connectivity index (χ0) is 14.6. The second-order valence-electron chi connectivity index (χ2n) is 4.24. The minimum Gasteiger partial charge on any atom is -0.383 e. The summed E-state index contributed by atoms with van der Waals surface area (Å²) in [7, 11) is -2.16. The molecule has 0 radical (unpaired) electrons. The zero-order valence-electron chi connectivity index (χ0n) is 11.1. The summed E-state index contributed by atoms with van der Waals surface area (Å²) in [5, 5.41) is 0. The summed E-state index contributed by atoms with van der Waals surface area (Å²) in [5.74, 6) is -0.00809. The van der Waals surface area contributed by atoms with Crippen LogP contribution in [0.4, 0.5) is 5.82 Å². The molecule has 19 heavy (non-hydrogen) atoms. The van der Waals surface area contributed by atoms with Gasteiger partial charge in [0.15, 0.2) is 0 Å². The zero-order valence-corrected chi connectivity index (χ0v) is 13.5. The van der Waals surface area contributed by atoms with Gasteiger partial charge in [0, 0.05) is 30.4 Å². The number of sulfonamides is 1. The summed E-state index contributed by atoms with van der Waals surface area (Å²) in [4.78, 5) is 3.87. The molecule has 2 N–H and O–H groups in total. The molecular formula is C11H18BrN3O3S. The van der Waals surface area contributed by atoms with Gasteiger partial charge in [-0.1, -0.05) is 0 Å². The average Bonchev–Trinajstić information content (AvgIpc) is 2.32. The van der Waals surface area contributed by atoms with E-state index in [4.69, 9.17) is 10.5 Å². The molecule has 1 rings (SSSR count). The number of hydrogen-bond acceptors (Lipinski definition) is 5. The number of ether oxygens (including phenoxy) is 1. The van der Waals surface area contributed by atoms with Gasteiger partial charge >= 0.3 is 0 Å². The summed E-state index contributed by atoms with van der Waals surface area (Å²) in [5.41, 5.74) is 5.67. The smallest absolute Gasteiger partial charge is 0.247 e. The number of nitrogens with zero attached hydrogens (tertiary/aromatic N) is 2. The lowest BCUT2D eigenvalue weighted by Crippen LogP contribution is -2.39. The van der Waals surface area contributed by atoms with Crippen molar-refractivity contribution < 1.29 is 13.2 Å². The fraction of sp³-hybridized carbons (Fsp3) is 0.545. The van der Waals surface area contributed by atoms with E-state index in [9.17, 15) is 8.42 Å². The van der Waals surface area contributed by atoms with E-state index in [1.807, 2.05) is 0 Å². The monoisotopic (exact) mass is 351 g/mol. The van der Waals surface area contributed by atoms with Crippen molar-refractivity contribution in [2.45, 2.75) is 24.8 Å². The number of nitrogen functional groups attached to an aromatic ring is 1. The molecule has 0 aliphatic rings.